The topological polar surface area (TPSA) is 63.4 Å². The molecule has 0 saturated carbocycles. The second kappa shape index (κ2) is 6.28. The van der Waals surface area contributed by atoms with Crippen LogP contribution < -0.4 is 0 Å². The summed E-state index contributed by atoms with van der Waals surface area (Å²) >= 11 is 0. The van der Waals surface area contributed by atoms with Crippen LogP contribution in [0.3, 0.4) is 0 Å². The van der Waals surface area contributed by atoms with Crippen LogP contribution in [0, 0.1) is 15.9 Å². The molecule has 0 amide bonds. The van der Waals surface area contributed by atoms with E-state index in [0.29, 0.717) is 5.56 Å². The molecule has 0 aliphatic rings. The molecular formula is C16H14FNO3. The second-order valence-electron chi connectivity index (χ2n) is 4.61. The van der Waals surface area contributed by atoms with Gasteiger partial charge in [0.1, 0.15) is 5.82 Å². The molecule has 0 unspecified atom stereocenters. The van der Waals surface area contributed by atoms with Crippen molar-refractivity contribution in [3.05, 3.63) is 88.2 Å². The largest absolute Gasteiger partial charge is 0.387 e. The van der Waals surface area contributed by atoms with Crippen LogP contribution >= 0.6 is 0 Å². The van der Waals surface area contributed by atoms with E-state index in [-0.39, 0.29) is 11.5 Å². The second-order valence-corrected chi connectivity index (χ2v) is 4.61. The lowest BCUT2D eigenvalue weighted by Gasteiger charge is -2.20. The number of nitro benzene ring substituents is 1. The van der Waals surface area contributed by atoms with Crippen molar-refractivity contribution < 1.29 is 14.4 Å². The number of nitrogens with zero attached hydrogens (tertiary/aromatic N) is 1. The summed E-state index contributed by atoms with van der Waals surface area (Å²) in [5, 5.41) is 21.0. The zero-order chi connectivity index (χ0) is 15.4. The van der Waals surface area contributed by atoms with Crippen LogP contribution in [0.4, 0.5) is 10.1 Å². The summed E-state index contributed by atoms with van der Waals surface area (Å²) in [6, 6.07) is 11.5. The molecule has 0 bridgehead atoms. The van der Waals surface area contributed by atoms with E-state index in [1.807, 2.05) is 0 Å². The minimum atomic E-state index is -0.909. The van der Waals surface area contributed by atoms with E-state index >= 15 is 0 Å². The number of aliphatic hydroxyl groups excluding tert-OH is 1. The Morgan fingerprint density at radius 2 is 1.62 bits per heavy atom. The summed E-state index contributed by atoms with van der Waals surface area (Å²) in [5.74, 6) is -0.779. The number of benzene rings is 2. The first-order valence-electron chi connectivity index (χ1n) is 6.33. The summed E-state index contributed by atoms with van der Waals surface area (Å²) in [7, 11) is 0. The molecule has 2 rings (SSSR count). The predicted molar refractivity (Wildman–Crippen MR) is 77.4 cm³/mol. The number of hydrogen-bond donors (Lipinski definition) is 1. The maximum absolute atomic E-state index is 12.9. The molecule has 0 aromatic heterocycles. The highest BCUT2D eigenvalue weighted by atomic mass is 19.1. The molecule has 5 heteroatoms. The third kappa shape index (κ3) is 3.32. The Balaban J connectivity index is 2.27. The Hall–Kier alpha value is -2.53. The van der Waals surface area contributed by atoms with Gasteiger partial charge in [0.05, 0.1) is 11.0 Å². The van der Waals surface area contributed by atoms with E-state index in [9.17, 15) is 19.6 Å². The molecule has 0 aliphatic carbocycles. The fourth-order valence-corrected chi connectivity index (χ4v) is 2.13. The van der Waals surface area contributed by atoms with Crippen LogP contribution in [0.25, 0.3) is 0 Å². The van der Waals surface area contributed by atoms with Gasteiger partial charge in [-0.15, -0.1) is 6.58 Å². The van der Waals surface area contributed by atoms with Gasteiger partial charge in [0.15, 0.2) is 0 Å². The molecule has 4 nitrogen and oxygen atoms in total. The molecule has 0 radical (unpaired) electrons. The maximum Gasteiger partial charge on any atom is 0.269 e. The van der Waals surface area contributed by atoms with Crippen molar-refractivity contribution in [1.82, 2.24) is 0 Å². The van der Waals surface area contributed by atoms with Crippen LogP contribution in [-0.2, 0) is 0 Å². The monoisotopic (exact) mass is 287 g/mol. The minimum absolute atomic E-state index is 0.0390. The van der Waals surface area contributed by atoms with Crippen LogP contribution in [0.1, 0.15) is 23.1 Å². The summed E-state index contributed by atoms with van der Waals surface area (Å²) in [6.45, 7) is 3.69. The van der Waals surface area contributed by atoms with Gasteiger partial charge in [0, 0.05) is 18.1 Å². The van der Waals surface area contributed by atoms with Gasteiger partial charge in [-0.05, 0) is 35.4 Å². The van der Waals surface area contributed by atoms with Gasteiger partial charge in [-0.2, -0.15) is 0 Å². The van der Waals surface area contributed by atoms with E-state index in [4.69, 9.17) is 0 Å². The average Bonchev–Trinajstić information content (AvgIpc) is 2.50. The highest BCUT2D eigenvalue weighted by Crippen LogP contribution is 2.32. The standard InChI is InChI=1S/C16H14FNO3/c1-2-15(11-3-7-13(17)8-4-11)16(19)12-5-9-14(10-6-12)18(20)21/h2-10,15-16,19H,1H2/t15-,16-/m0/s1. The zero-order valence-electron chi connectivity index (χ0n) is 11.1. The summed E-state index contributed by atoms with van der Waals surface area (Å²) < 4.78 is 12.9. The lowest BCUT2D eigenvalue weighted by Crippen LogP contribution is -2.09. The maximum atomic E-state index is 12.9. The highest BCUT2D eigenvalue weighted by molar-refractivity contribution is 5.36. The third-order valence-corrected chi connectivity index (χ3v) is 3.29. The lowest BCUT2D eigenvalue weighted by atomic mass is 9.89. The summed E-state index contributed by atoms with van der Waals surface area (Å²) in [5.41, 5.74) is 1.22. The van der Waals surface area contributed by atoms with Crippen LogP contribution in [0.5, 0.6) is 0 Å². The summed E-state index contributed by atoms with van der Waals surface area (Å²) in [4.78, 5) is 10.1. The predicted octanol–water partition coefficient (Wildman–Crippen LogP) is 3.74. The smallest absolute Gasteiger partial charge is 0.269 e. The van der Waals surface area contributed by atoms with Crippen molar-refractivity contribution in [2.75, 3.05) is 0 Å². The van der Waals surface area contributed by atoms with E-state index in [2.05, 4.69) is 6.58 Å². The number of nitro groups is 1. The van der Waals surface area contributed by atoms with Crippen LogP contribution in [-0.4, -0.2) is 10.0 Å². The van der Waals surface area contributed by atoms with Crippen molar-refractivity contribution in [3.63, 3.8) is 0 Å². The molecule has 0 heterocycles. The van der Waals surface area contributed by atoms with Gasteiger partial charge in [0.2, 0.25) is 0 Å². The Bertz CT molecular complexity index is 638. The van der Waals surface area contributed by atoms with E-state index in [0.717, 1.165) is 5.56 Å². The molecule has 1 N–H and O–H groups in total. The van der Waals surface area contributed by atoms with Crippen molar-refractivity contribution in [2.24, 2.45) is 0 Å². The molecule has 2 atom stereocenters. The Morgan fingerprint density at radius 1 is 1.10 bits per heavy atom. The molecule has 2 aromatic carbocycles. The molecule has 108 valence electrons. The van der Waals surface area contributed by atoms with E-state index in [1.165, 1.54) is 36.4 Å². The Morgan fingerprint density at radius 3 is 2.10 bits per heavy atom. The quantitative estimate of drug-likeness (QED) is 0.517. The van der Waals surface area contributed by atoms with Crippen LogP contribution in [0.15, 0.2) is 61.2 Å². The first kappa shape index (κ1) is 14.9. The van der Waals surface area contributed by atoms with Gasteiger partial charge in [0.25, 0.3) is 5.69 Å². The molecule has 0 fully saturated rings. The van der Waals surface area contributed by atoms with Gasteiger partial charge < -0.3 is 5.11 Å². The average molecular weight is 287 g/mol. The number of aliphatic hydroxyl groups is 1. The molecule has 0 aliphatic heterocycles. The lowest BCUT2D eigenvalue weighted by molar-refractivity contribution is -0.384. The van der Waals surface area contributed by atoms with Gasteiger partial charge >= 0.3 is 0 Å². The number of hydrogen-bond acceptors (Lipinski definition) is 3. The van der Waals surface area contributed by atoms with Gasteiger partial charge in [-0.25, -0.2) is 4.39 Å². The first-order valence-corrected chi connectivity index (χ1v) is 6.33. The SMILES string of the molecule is C=C[C@@H](c1ccc(F)cc1)[C@@H](O)c1ccc([N+](=O)[O-])cc1. The molecular weight excluding hydrogens is 273 g/mol. The molecule has 0 spiro atoms. The van der Waals surface area contributed by atoms with E-state index in [1.54, 1.807) is 18.2 Å². The zero-order valence-corrected chi connectivity index (χ0v) is 11.1. The first-order chi connectivity index (χ1) is 10.0. The summed E-state index contributed by atoms with van der Waals surface area (Å²) in [6.07, 6.45) is 0.660. The van der Waals surface area contributed by atoms with Crippen LogP contribution in [0.2, 0.25) is 0 Å². The third-order valence-electron chi connectivity index (χ3n) is 3.29. The van der Waals surface area contributed by atoms with Gasteiger partial charge in [-0.1, -0.05) is 18.2 Å². The van der Waals surface area contributed by atoms with Crippen molar-refractivity contribution >= 4 is 5.69 Å². The van der Waals surface area contributed by atoms with E-state index < -0.39 is 16.9 Å². The van der Waals surface area contributed by atoms with Crippen molar-refractivity contribution in [1.29, 1.82) is 0 Å². The molecule has 21 heavy (non-hydrogen) atoms. The van der Waals surface area contributed by atoms with Gasteiger partial charge in [-0.3, -0.25) is 10.1 Å². The molecule has 0 saturated heterocycles. The number of halogens is 1. The highest BCUT2D eigenvalue weighted by Gasteiger charge is 2.20. The van der Waals surface area contributed by atoms with Crippen molar-refractivity contribution in [3.8, 4) is 0 Å². The van der Waals surface area contributed by atoms with Crippen molar-refractivity contribution in [2.45, 2.75) is 12.0 Å². The fourth-order valence-electron chi connectivity index (χ4n) is 2.13. The Labute approximate surface area is 121 Å². The number of non-ortho nitro benzene ring substituents is 1. The normalized spacial score (nSPS) is 13.4. The molecule has 2 aromatic rings. The Kier molecular flexibility index (Phi) is 4.45. The number of rotatable bonds is 5. The fraction of sp³-hybridized carbons (Fsp3) is 0.125. The minimum Gasteiger partial charge on any atom is -0.387 e.